The van der Waals surface area contributed by atoms with Crippen molar-refractivity contribution in [1.29, 1.82) is 0 Å². The Labute approximate surface area is 112 Å². The molecule has 4 bridgehead atoms. The Bertz CT molecular complexity index is 485. The molecule has 1 N–H and O–H groups in total. The van der Waals surface area contributed by atoms with Crippen LogP contribution in [0.15, 0.2) is 12.5 Å². The van der Waals surface area contributed by atoms with E-state index in [-0.39, 0.29) is 12.0 Å². The van der Waals surface area contributed by atoms with Crippen LogP contribution in [0.3, 0.4) is 0 Å². The molecule has 0 radical (unpaired) electrons. The summed E-state index contributed by atoms with van der Waals surface area (Å²) in [6.07, 6.45) is 11.8. The second-order valence-corrected chi connectivity index (χ2v) is 7.02. The van der Waals surface area contributed by atoms with Crippen LogP contribution in [0.1, 0.15) is 44.2 Å². The molecule has 0 unspecified atom stereocenters. The number of rotatable bonds is 3. The fourth-order valence-corrected chi connectivity index (χ4v) is 5.30. The van der Waals surface area contributed by atoms with Gasteiger partial charge in [-0.15, -0.1) is 0 Å². The highest BCUT2D eigenvalue weighted by Gasteiger charge is 2.52. The van der Waals surface area contributed by atoms with Crippen LogP contribution >= 0.6 is 0 Å². The van der Waals surface area contributed by atoms with E-state index >= 15 is 0 Å². The van der Waals surface area contributed by atoms with E-state index in [9.17, 15) is 4.79 Å². The average molecular weight is 260 g/mol. The van der Waals surface area contributed by atoms with Crippen LogP contribution in [0.4, 0.5) is 0 Å². The SMILES string of the molecule is O=C(O)Cn1cnc(C23CC4CC(CC(C4)C2)C3)c1. The molecule has 0 aromatic carbocycles. The zero-order valence-electron chi connectivity index (χ0n) is 11.1. The van der Waals surface area contributed by atoms with Crippen molar-refractivity contribution in [3.63, 3.8) is 0 Å². The lowest BCUT2D eigenvalue weighted by Gasteiger charge is -2.56. The molecule has 0 aliphatic heterocycles. The van der Waals surface area contributed by atoms with Gasteiger partial charge in [-0.1, -0.05) is 0 Å². The van der Waals surface area contributed by atoms with Crippen LogP contribution in [0.25, 0.3) is 0 Å². The van der Waals surface area contributed by atoms with Gasteiger partial charge in [0.1, 0.15) is 6.54 Å². The standard InChI is InChI=1S/C15H20N2O2/c18-14(19)8-17-7-13(16-9-17)15-4-10-1-11(5-15)3-12(2-10)6-15/h7,9-12H,1-6,8H2,(H,18,19). The Balaban J connectivity index is 1.64. The topological polar surface area (TPSA) is 55.1 Å². The zero-order valence-corrected chi connectivity index (χ0v) is 11.1. The molecular formula is C15H20N2O2. The summed E-state index contributed by atoms with van der Waals surface area (Å²) in [4.78, 5) is 15.3. The summed E-state index contributed by atoms with van der Waals surface area (Å²) in [5, 5.41) is 8.86. The zero-order chi connectivity index (χ0) is 13.0. The van der Waals surface area contributed by atoms with Crippen LogP contribution < -0.4 is 0 Å². The molecule has 0 saturated heterocycles. The minimum absolute atomic E-state index is 0.0271. The van der Waals surface area contributed by atoms with E-state index in [1.165, 1.54) is 38.5 Å². The number of aromatic nitrogens is 2. The van der Waals surface area contributed by atoms with Crippen molar-refractivity contribution in [1.82, 2.24) is 9.55 Å². The van der Waals surface area contributed by atoms with Crippen LogP contribution in [0, 0.1) is 17.8 Å². The molecule has 4 saturated carbocycles. The monoisotopic (exact) mass is 260 g/mol. The van der Waals surface area contributed by atoms with Crippen molar-refractivity contribution < 1.29 is 9.90 Å². The summed E-state index contributed by atoms with van der Waals surface area (Å²) in [7, 11) is 0. The first-order valence-corrected chi connectivity index (χ1v) is 7.37. The van der Waals surface area contributed by atoms with Crippen molar-refractivity contribution in [2.75, 3.05) is 0 Å². The van der Waals surface area contributed by atoms with Crippen LogP contribution in [0.5, 0.6) is 0 Å². The lowest BCUT2D eigenvalue weighted by atomic mass is 9.49. The third-order valence-electron chi connectivity index (χ3n) is 5.53. The maximum atomic E-state index is 10.8. The predicted octanol–water partition coefficient (Wildman–Crippen LogP) is 2.44. The molecule has 4 aliphatic carbocycles. The van der Waals surface area contributed by atoms with Crippen molar-refractivity contribution in [3.05, 3.63) is 18.2 Å². The van der Waals surface area contributed by atoms with Gasteiger partial charge in [0.2, 0.25) is 0 Å². The van der Waals surface area contributed by atoms with Crippen LogP contribution in [-0.2, 0) is 16.8 Å². The first-order valence-electron chi connectivity index (χ1n) is 7.37. The Hall–Kier alpha value is -1.32. The summed E-state index contributed by atoms with van der Waals surface area (Å²) < 4.78 is 1.72. The minimum Gasteiger partial charge on any atom is -0.480 e. The lowest BCUT2D eigenvalue weighted by Crippen LogP contribution is -2.48. The molecule has 1 aromatic heterocycles. The van der Waals surface area contributed by atoms with Gasteiger partial charge >= 0.3 is 5.97 Å². The molecule has 4 heteroatoms. The molecule has 4 nitrogen and oxygen atoms in total. The van der Waals surface area contributed by atoms with Gasteiger partial charge in [-0.3, -0.25) is 4.79 Å². The smallest absolute Gasteiger partial charge is 0.323 e. The van der Waals surface area contributed by atoms with E-state index in [0.717, 1.165) is 23.4 Å². The Morgan fingerprint density at radius 3 is 2.37 bits per heavy atom. The van der Waals surface area contributed by atoms with Gasteiger partial charge in [0.05, 0.1) is 12.0 Å². The number of carbonyl (C=O) groups is 1. The largest absolute Gasteiger partial charge is 0.480 e. The van der Waals surface area contributed by atoms with Gasteiger partial charge in [0.15, 0.2) is 0 Å². The molecule has 1 aromatic rings. The summed E-state index contributed by atoms with van der Waals surface area (Å²) in [6, 6.07) is 0. The van der Waals surface area contributed by atoms with E-state index < -0.39 is 5.97 Å². The fraction of sp³-hybridized carbons (Fsp3) is 0.733. The van der Waals surface area contributed by atoms with Crippen LogP contribution in [-0.4, -0.2) is 20.6 Å². The molecule has 102 valence electrons. The van der Waals surface area contributed by atoms with Gasteiger partial charge < -0.3 is 9.67 Å². The second-order valence-electron chi connectivity index (χ2n) is 7.02. The number of imidazole rings is 1. The van der Waals surface area contributed by atoms with E-state index in [2.05, 4.69) is 4.98 Å². The number of carboxylic acid groups (broad SMARTS) is 1. The minimum atomic E-state index is -0.797. The lowest BCUT2D eigenvalue weighted by molar-refractivity contribution is -0.137. The van der Waals surface area contributed by atoms with Gasteiger partial charge in [-0.2, -0.15) is 0 Å². The molecule has 19 heavy (non-hydrogen) atoms. The molecule has 1 heterocycles. The molecule has 4 fully saturated rings. The highest BCUT2D eigenvalue weighted by molar-refractivity contribution is 5.66. The Morgan fingerprint density at radius 2 is 1.84 bits per heavy atom. The first-order chi connectivity index (χ1) is 9.13. The average Bonchev–Trinajstić information content (AvgIpc) is 2.75. The van der Waals surface area contributed by atoms with Crippen molar-refractivity contribution >= 4 is 5.97 Å². The molecule has 0 amide bonds. The summed E-state index contributed by atoms with van der Waals surface area (Å²) in [5.41, 5.74) is 1.44. The number of aliphatic carboxylic acids is 1. The third kappa shape index (κ3) is 1.80. The first kappa shape index (κ1) is 11.5. The normalized spacial score (nSPS) is 39.7. The molecule has 0 spiro atoms. The number of carboxylic acids is 1. The van der Waals surface area contributed by atoms with Crippen molar-refractivity contribution in [2.24, 2.45) is 17.8 Å². The second kappa shape index (κ2) is 3.84. The van der Waals surface area contributed by atoms with E-state index in [4.69, 9.17) is 5.11 Å². The van der Waals surface area contributed by atoms with E-state index in [0.29, 0.717) is 0 Å². The van der Waals surface area contributed by atoms with Crippen molar-refractivity contribution in [3.8, 4) is 0 Å². The van der Waals surface area contributed by atoms with Gasteiger partial charge in [0, 0.05) is 11.6 Å². The molecular weight excluding hydrogens is 240 g/mol. The van der Waals surface area contributed by atoms with E-state index in [1.807, 2.05) is 6.20 Å². The highest BCUT2D eigenvalue weighted by Crippen LogP contribution is 2.60. The van der Waals surface area contributed by atoms with Crippen molar-refractivity contribution in [2.45, 2.75) is 50.5 Å². The molecule has 4 aliphatic rings. The molecule has 5 rings (SSSR count). The predicted molar refractivity (Wildman–Crippen MR) is 69.7 cm³/mol. The summed E-state index contributed by atoms with van der Waals surface area (Å²) in [5.74, 6) is 1.90. The number of hydrogen-bond acceptors (Lipinski definition) is 2. The highest BCUT2D eigenvalue weighted by atomic mass is 16.4. The fourth-order valence-electron chi connectivity index (χ4n) is 5.30. The number of nitrogens with zero attached hydrogens (tertiary/aromatic N) is 2. The number of hydrogen-bond donors (Lipinski definition) is 1. The molecule has 0 atom stereocenters. The van der Waals surface area contributed by atoms with Gasteiger partial charge in [-0.05, 0) is 56.3 Å². The van der Waals surface area contributed by atoms with Gasteiger partial charge in [0.25, 0.3) is 0 Å². The van der Waals surface area contributed by atoms with Gasteiger partial charge in [-0.25, -0.2) is 4.98 Å². The Morgan fingerprint density at radius 1 is 1.26 bits per heavy atom. The van der Waals surface area contributed by atoms with Crippen LogP contribution in [0.2, 0.25) is 0 Å². The Kier molecular flexibility index (Phi) is 2.32. The van der Waals surface area contributed by atoms with E-state index in [1.54, 1.807) is 10.9 Å². The third-order valence-corrected chi connectivity index (χ3v) is 5.53. The summed E-state index contributed by atoms with van der Waals surface area (Å²) >= 11 is 0. The summed E-state index contributed by atoms with van der Waals surface area (Å²) in [6.45, 7) is 0.0271. The maximum Gasteiger partial charge on any atom is 0.323 e. The maximum absolute atomic E-state index is 10.8. The quantitative estimate of drug-likeness (QED) is 0.908.